The van der Waals surface area contributed by atoms with Gasteiger partial charge in [-0.2, -0.15) is 5.10 Å². The van der Waals surface area contributed by atoms with Gasteiger partial charge in [0.15, 0.2) is 0 Å². The van der Waals surface area contributed by atoms with Crippen LogP contribution in [0.25, 0.3) is 0 Å². The Kier molecular flexibility index (Phi) is 4.57. The third kappa shape index (κ3) is 3.50. The number of furan rings is 1. The van der Waals surface area contributed by atoms with Crippen molar-refractivity contribution < 1.29 is 9.21 Å². The lowest BCUT2D eigenvalue weighted by Gasteiger charge is -2.25. The van der Waals surface area contributed by atoms with Crippen molar-refractivity contribution in [2.24, 2.45) is 7.05 Å². The van der Waals surface area contributed by atoms with Crippen LogP contribution in [0.3, 0.4) is 0 Å². The summed E-state index contributed by atoms with van der Waals surface area (Å²) in [6, 6.07) is 6.58. The Morgan fingerprint density at radius 1 is 1.35 bits per heavy atom. The molecular formula is C16H20N4O3. The number of aromatic nitrogens is 2. The van der Waals surface area contributed by atoms with E-state index in [9.17, 15) is 9.59 Å². The summed E-state index contributed by atoms with van der Waals surface area (Å²) in [7, 11) is 1.52. The van der Waals surface area contributed by atoms with Crippen LogP contribution in [0.5, 0.6) is 0 Å². The van der Waals surface area contributed by atoms with E-state index in [1.54, 1.807) is 6.26 Å². The first-order chi connectivity index (χ1) is 11.1. The average molecular weight is 316 g/mol. The van der Waals surface area contributed by atoms with Gasteiger partial charge in [0.1, 0.15) is 11.5 Å². The summed E-state index contributed by atoms with van der Waals surface area (Å²) in [6.07, 6.45) is 3.97. The largest absolute Gasteiger partial charge is 0.468 e. The molecule has 1 N–H and O–H groups in total. The lowest BCUT2D eigenvalue weighted by molar-refractivity contribution is 0.0926. The Morgan fingerprint density at radius 2 is 2.13 bits per heavy atom. The summed E-state index contributed by atoms with van der Waals surface area (Å²) in [5.41, 5.74) is -0.0150. The van der Waals surface area contributed by atoms with Gasteiger partial charge in [-0.05, 0) is 44.1 Å². The number of hydrogen-bond acceptors (Lipinski definition) is 5. The lowest BCUT2D eigenvalue weighted by Crippen LogP contribution is -2.37. The van der Waals surface area contributed by atoms with E-state index in [4.69, 9.17) is 4.42 Å². The number of carbonyl (C=O) groups excluding carboxylic acids is 1. The first kappa shape index (κ1) is 15.5. The molecule has 1 unspecified atom stereocenters. The quantitative estimate of drug-likeness (QED) is 0.888. The molecule has 0 aromatic carbocycles. The zero-order valence-corrected chi connectivity index (χ0v) is 13.1. The smallest absolute Gasteiger partial charge is 0.271 e. The summed E-state index contributed by atoms with van der Waals surface area (Å²) in [4.78, 5) is 25.9. The zero-order chi connectivity index (χ0) is 16.2. The summed E-state index contributed by atoms with van der Waals surface area (Å²) in [6.45, 7) is 2.44. The Hall–Kier alpha value is -2.41. The minimum absolute atomic E-state index is 0.0176. The monoisotopic (exact) mass is 316 g/mol. The summed E-state index contributed by atoms with van der Waals surface area (Å²) in [5, 5.41) is 6.86. The summed E-state index contributed by atoms with van der Waals surface area (Å²) in [5.74, 6) is 0.553. The van der Waals surface area contributed by atoms with Crippen LogP contribution in [-0.4, -0.2) is 40.2 Å². The van der Waals surface area contributed by atoms with Crippen LogP contribution in [0.2, 0.25) is 0 Å². The second-order valence-electron chi connectivity index (χ2n) is 5.66. The maximum absolute atomic E-state index is 12.3. The standard InChI is InChI=1S/C16H20N4O3/c1-19-15(21)7-6-12(18-19)16(22)17-11-13(14-5-4-10-23-14)20-8-2-3-9-20/h4-7,10,13H,2-3,8-9,11H2,1H3,(H,17,22). The van der Waals surface area contributed by atoms with Crippen LogP contribution in [0.4, 0.5) is 0 Å². The van der Waals surface area contributed by atoms with Crippen LogP contribution < -0.4 is 10.9 Å². The molecular weight excluding hydrogens is 296 g/mol. The predicted molar refractivity (Wildman–Crippen MR) is 84.1 cm³/mol. The fourth-order valence-corrected chi connectivity index (χ4v) is 2.85. The van der Waals surface area contributed by atoms with E-state index in [2.05, 4.69) is 15.3 Å². The van der Waals surface area contributed by atoms with Gasteiger partial charge in [0.2, 0.25) is 0 Å². The number of nitrogens with one attached hydrogen (secondary N) is 1. The predicted octanol–water partition coefficient (Wildman–Crippen LogP) is 0.940. The molecule has 3 rings (SSSR count). The van der Waals surface area contributed by atoms with Gasteiger partial charge < -0.3 is 9.73 Å². The second-order valence-corrected chi connectivity index (χ2v) is 5.66. The van der Waals surface area contributed by atoms with Gasteiger partial charge in [-0.25, -0.2) is 4.68 Å². The van der Waals surface area contributed by atoms with Crippen LogP contribution in [0, 0.1) is 0 Å². The molecule has 0 spiro atoms. The summed E-state index contributed by atoms with van der Waals surface area (Å²) >= 11 is 0. The van der Waals surface area contributed by atoms with Crippen LogP contribution in [-0.2, 0) is 7.05 Å². The number of rotatable bonds is 5. The zero-order valence-electron chi connectivity index (χ0n) is 13.1. The maximum Gasteiger partial charge on any atom is 0.271 e. The van der Waals surface area contributed by atoms with Gasteiger partial charge in [0.05, 0.1) is 12.3 Å². The number of likely N-dealkylation sites (tertiary alicyclic amines) is 1. The highest BCUT2D eigenvalue weighted by Crippen LogP contribution is 2.24. The fraction of sp³-hybridized carbons (Fsp3) is 0.438. The van der Waals surface area contributed by atoms with Crippen molar-refractivity contribution in [3.63, 3.8) is 0 Å². The van der Waals surface area contributed by atoms with Crippen LogP contribution in [0.1, 0.15) is 35.1 Å². The number of amides is 1. The van der Waals surface area contributed by atoms with Crippen molar-refractivity contribution in [2.75, 3.05) is 19.6 Å². The molecule has 122 valence electrons. The second kappa shape index (κ2) is 6.78. The van der Waals surface area contributed by atoms with Gasteiger partial charge in [-0.1, -0.05) is 0 Å². The summed E-state index contributed by atoms with van der Waals surface area (Å²) < 4.78 is 6.68. The molecule has 1 atom stereocenters. The molecule has 2 aromatic heterocycles. The molecule has 23 heavy (non-hydrogen) atoms. The topological polar surface area (TPSA) is 80.4 Å². The van der Waals surface area contributed by atoms with Crippen molar-refractivity contribution in [1.29, 1.82) is 0 Å². The van der Waals surface area contributed by atoms with Crippen molar-refractivity contribution in [1.82, 2.24) is 20.0 Å². The Balaban J connectivity index is 1.69. The van der Waals surface area contributed by atoms with Crippen molar-refractivity contribution in [3.8, 4) is 0 Å². The molecule has 1 aliphatic rings. The highest BCUT2D eigenvalue weighted by atomic mass is 16.3. The Morgan fingerprint density at radius 3 is 2.78 bits per heavy atom. The van der Waals surface area contributed by atoms with E-state index in [1.807, 2.05) is 12.1 Å². The Bertz CT molecular complexity index is 717. The molecule has 3 heterocycles. The third-order valence-electron chi connectivity index (χ3n) is 4.10. The first-order valence-electron chi connectivity index (χ1n) is 7.75. The van der Waals surface area contributed by atoms with E-state index in [1.165, 1.54) is 19.2 Å². The minimum Gasteiger partial charge on any atom is -0.468 e. The third-order valence-corrected chi connectivity index (χ3v) is 4.10. The molecule has 0 radical (unpaired) electrons. The van der Waals surface area contributed by atoms with E-state index in [0.717, 1.165) is 36.4 Å². The molecule has 1 amide bonds. The average Bonchev–Trinajstić information content (AvgIpc) is 3.24. The van der Waals surface area contributed by atoms with Crippen molar-refractivity contribution in [2.45, 2.75) is 18.9 Å². The number of carbonyl (C=O) groups is 1. The van der Waals surface area contributed by atoms with E-state index in [0.29, 0.717) is 6.54 Å². The molecule has 2 aromatic rings. The van der Waals surface area contributed by atoms with E-state index >= 15 is 0 Å². The molecule has 7 nitrogen and oxygen atoms in total. The highest BCUT2D eigenvalue weighted by molar-refractivity contribution is 5.92. The molecule has 1 fully saturated rings. The minimum atomic E-state index is -0.295. The van der Waals surface area contributed by atoms with Gasteiger partial charge in [-0.3, -0.25) is 14.5 Å². The van der Waals surface area contributed by atoms with Gasteiger partial charge in [0.25, 0.3) is 11.5 Å². The SMILES string of the molecule is Cn1nc(C(=O)NCC(c2ccco2)N2CCCC2)ccc1=O. The van der Waals surface area contributed by atoms with Gasteiger partial charge in [-0.15, -0.1) is 0 Å². The van der Waals surface area contributed by atoms with Crippen LogP contribution in [0.15, 0.2) is 39.7 Å². The molecule has 1 aliphatic heterocycles. The highest BCUT2D eigenvalue weighted by Gasteiger charge is 2.26. The fourth-order valence-electron chi connectivity index (χ4n) is 2.85. The number of hydrogen-bond donors (Lipinski definition) is 1. The lowest BCUT2D eigenvalue weighted by atomic mass is 10.2. The first-order valence-corrected chi connectivity index (χ1v) is 7.75. The van der Waals surface area contributed by atoms with Crippen molar-refractivity contribution in [3.05, 3.63) is 52.3 Å². The van der Waals surface area contributed by atoms with Crippen LogP contribution >= 0.6 is 0 Å². The normalized spacial score (nSPS) is 16.4. The molecule has 0 bridgehead atoms. The number of aryl methyl sites for hydroxylation is 1. The van der Waals surface area contributed by atoms with Gasteiger partial charge in [0, 0.05) is 19.7 Å². The maximum atomic E-state index is 12.3. The van der Waals surface area contributed by atoms with Gasteiger partial charge >= 0.3 is 0 Å². The number of nitrogens with zero attached hydrogens (tertiary/aromatic N) is 3. The molecule has 0 saturated carbocycles. The molecule has 0 aliphatic carbocycles. The van der Waals surface area contributed by atoms with E-state index in [-0.39, 0.29) is 23.2 Å². The Labute approximate surface area is 133 Å². The van der Waals surface area contributed by atoms with E-state index < -0.39 is 0 Å². The molecule has 1 saturated heterocycles. The van der Waals surface area contributed by atoms with Crippen molar-refractivity contribution >= 4 is 5.91 Å². The molecule has 7 heteroatoms.